The SMILES string of the molecule is COc1ncccc1-c1c(/C(N)=N\O)cc(C(F)(F)F)cc1-c1ccc2[nH]ncc2c1. The number of methoxy groups -OCH3 is 1. The van der Waals surface area contributed by atoms with Crippen molar-refractivity contribution >= 4 is 16.7 Å². The van der Waals surface area contributed by atoms with Gasteiger partial charge < -0.3 is 15.7 Å². The molecule has 2 heterocycles. The van der Waals surface area contributed by atoms with Gasteiger partial charge in [-0.1, -0.05) is 11.2 Å². The van der Waals surface area contributed by atoms with Gasteiger partial charge in [0.25, 0.3) is 0 Å². The lowest BCUT2D eigenvalue weighted by Crippen LogP contribution is -2.17. The van der Waals surface area contributed by atoms with E-state index in [2.05, 4.69) is 20.3 Å². The molecule has 0 unspecified atom stereocenters. The average molecular weight is 427 g/mol. The van der Waals surface area contributed by atoms with Crippen LogP contribution in [0.2, 0.25) is 0 Å². The molecule has 0 amide bonds. The second kappa shape index (κ2) is 7.63. The van der Waals surface area contributed by atoms with E-state index < -0.39 is 17.6 Å². The smallest absolute Gasteiger partial charge is 0.416 e. The number of benzene rings is 2. The molecular weight excluding hydrogens is 411 g/mol. The number of ether oxygens (including phenoxy) is 1. The molecule has 31 heavy (non-hydrogen) atoms. The number of hydrogen-bond acceptors (Lipinski definition) is 5. The van der Waals surface area contributed by atoms with E-state index in [0.717, 1.165) is 17.6 Å². The van der Waals surface area contributed by atoms with Gasteiger partial charge in [-0.25, -0.2) is 4.98 Å². The summed E-state index contributed by atoms with van der Waals surface area (Å²) in [6.45, 7) is 0. The topological polar surface area (TPSA) is 109 Å². The number of rotatable bonds is 4. The van der Waals surface area contributed by atoms with Gasteiger partial charge in [0.15, 0.2) is 5.84 Å². The van der Waals surface area contributed by atoms with Gasteiger partial charge in [-0.3, -0.25) is 5.10 Å². The van der Waals surface area contributed by atoms with Gasteiger partial charge >= 0.3 is 6.18 Å². The number of halogens is 3. The average Bonchev–Trinajstić information content (AvgIpc) is 3.25. The van der Waals surface area contributed by atoms with E-state index in [-0.39, 0.29) is 22.6 Å². The van der Waals surface area contributed by atoms with Crippen molar-refractivity contribution in [3.8, 4) is 28.1 Å². The summed E-state index contributed by atoms with van der Waals surface area (Å²) < 4.78 is 46.5. The van der Waals surface area contributed by atoms with E-state index in [9.17, 15) is 18.4 Å². The Balaban J connectivity index is 2.14. The first kappa shape index (κ1) is 20.2. The number of nitrogens with one attached hydrogen (secondary N) is 1. The number of fused-ring (bicyclic) bond motifs is 1. The van der Waals surface area contributed by atoms with E-state index in [1.54, 1.807) is 36.5 Å². The summed E-state index contributed by atoms with van der Waals surface area (Å²) >= 11 is 0. The molecule has 0 aliphatic carbocycles. The summed E-state index contributed by atoms with van der Waals surface area (Å²) in [5.74, 6) is -0.294. The van der Waals surface area contributed by atoms with Gasteiger partial charge in [-0.2, -0.15) is 18.3 Å². The maximum atomic E-state index is 13.7. The second-order valence-corrected chi connectivity index (χ2v) is 6.66. The van der Waals surface area contributed by atoms with Crippen molar-refractivity contribution in [3.05, 3.63) is 66.0 Å². The summed E-state index contributed by atoms with van der Waals surface area (Å²) in [7, 11) is 1.40. The van der Waals surface area contributed by atoms with Gasteiger partial charge in [0, 0.05) is 28.3 Å². The number of aromatic nitrogens is 3. The van der Waals surface area contributed by atoms with Crippen LogP contribution >= 0.6 is 0 Å². The Labute approximate surface area is 174 Å². The molecule has 10 heteroatoms. The maximum absolute atomic E-state index is 13.7. The Kier molecular flexibility index (Phi) is 4.97. The largest absolute Gasteiger partial charge is 0.481 e. The van der Waals surface area contributed by atoms with E-state index in [0.29, 0.717) is 16.5 Å². The van der Waals surface area contributed by atoms with Crippen molar-refractivity contribution in [3.63, 3.8) is 0 Å². The molecule has 7 nitrogen and oxygen atoms in total. The van der Waals surface area contributed by atoms with Crippen molar-refractivity contribution in [2.24, 2.45) is 10.9 Å². The number of nitrogens with two attached hydrogens (primary N) is 1. The molecule has 2 aromatic heterocycles. The van der Waals surface area contributed by atoms with E-state index in [4.69, 9.17) is 10.5 Å². The molecule has 0 saturated heterocycles. The van der Waals surface area contributed by atoms with Crippen molar-refractivity contribution in [1.29, 1.82) is 0 Å². The molecule has 0 fully saturated rings. The lowest BCUT2D eigenvalue weighted by molar-refractivity contribution is -0.137. The lowest BCUT2D eigenvalue weighted by atomic mass is 9.88. The number of aromatic amines is 1. The van der Waals surface area contributed by atoms with Crippen LogP contribution in [0, 0.1) is 0 Å². The van der Waals surface area contributed by atoms with Crippen molar-refractivity contribution < 1.29 is 23.1 Å². The summed E-state index contributed by atoms with van der Waals surface area (Å²) in [5.41, 5.74) is 6.87. The maximum Gasteiger partial charge on any atom is 0.416 e. The molecule has 0 aliphatic rings. The molecular formula is C21H16F3N5O2. The van der Waals surface area contributed by atoms with Crippen LogP contribution in [-0.4, -0.2) is 33.3 Å². The molecule has 0 atom stereocenters. The van der Waals surface area contributed by atoms with Crippen LogP contribution in [0.1, 0.15) is 11.1 Å². The Morgan fingerprint density at radius 2 is 1.97 bits per heavy atom. The molecule has 0 saturated carbocycles. The molecule has 4 N–H and O–H groups in total. The van der Waals surface area contributed by atoms with Crippen LogP contribution in [0.15, 0.2) is 60.0 Å². The summed E-state index contributed by atoms with van der Waals surface area (Å²) in [6, 6.07) is 10.2. The Morgan fingerprint density at radius 1 is 1.16 bits per heavy atom. The highest BCUT2D eigenvalue weighted by Gasteiger charge is 2.33. The number of H-pyrrole nitrogens is 1. The highest BCUT2D eigenvalue weighted by atomic mass is 19.4. The van der Waals surface area contributed by atoms with Crippen LogP contribution in [0.25, 0.3) is 33.2 Å². The summed E-state index contributed by atoms with van der Waals surface area (Å²) in [5, 5.41) is 19.7. The van der Waals surface area contributed by atoms with Gasteiger partial charge in [0.1, 0.15) is 0 Å². The predicted octanol–water partition coefficient (Wildman–Crippen LogP) is 4.41. The van der Waals surface area contributed by atoms with Gasteiger partial charge in [-0.05, 0) is 47.5 Å². The van der Waals surface area contributed by atoms with Crippen molar-refractivity contribution in [2.45, 2.75) is 6.18 Å². The van der Waals surface area contributed by atoms with Gasteiger partial charge in [-0.15, -0.1) is 0 Å². The number of hydrogen-bond donors (Lipinski definition) is 3. The first-order chi connectivity index (χ1) is 14.8. The Hall–Kier alpha value is -4.08. The number of amidine groups is 1. The lowest BCUT2D eigenvalue weighted by Gasteiger charge is -2.19. The summed E-state index contributed by atoms with van der Waals surface area (Å²) in [6.07, 6.45) is -1.59. The fourth-order valence-corrected chi connectivity index (χ4v) is 3.43. The molecule has 0 radical (unpaired) electrons. The zero-order valence-electron chi connectivity index (χ0n) is 16.1. The molecule has 158 valence electrons. The van der Waals surface area contributed by atoms with E-state index in [1.807, 2.05) is 0 Å². The van der Waals surface area contributed by atoms with Crippen molar-refractivity contribution in [2.75, 3.05) is 7.11 Å². The Morgan fingerprint density at radius 3 is 2.68 bits per heavy atom. The van der Waals surface area contributed by atoms with Crippen LogP contribution in [0.5, 0.6) is 5.88 Å². The van der Waals surface area contributed by atoms with E-state index in [1.165, 1.54) is 13.3 Å². The molecule has 0 bridgehead atoms. The highest BCUT2D eigenvalue weighted by Crippen LogP contribution is 2.43. The third kappa shape index (κ3) is 3.63. The molecule has 4 rings (SSSR count). The number of oxime groups is 1. The highest BCUT2D eigenvalue weighted by molar-refractivity contribution is 6.08. The third-order valence-electron chi connectivity index (χ3n) is 4.83. The number of pyridine rings is 1. The minimum absolute atomic E-state index is 0.106. The zero-order chi connectivity index (χ0) is 22.2. The normalized spacial score (nSPS) is 12.3. The Bertz CT molecular complexity index is 1300. The van der Waals surface area contributed by atoms with Gasteiger partial charge in [0.05, 0.1) is 24.4 Å². The predicted molar refractivity (Wildman–Crippen MR) is 109 cm³/mol. The first-order valence-corrected chi connectivity index (χ1v) is 8.99. The monoisotopic (exact) mass is 427 g/mol. The molecule has 0 spiro atoms. The van der Waals surface area contributed by atoms with Crippen molar-refractivity contribution in [1.82, 2.24) is 15.2 Å². The fraction of sp³-hybridized carbons (Fsp3) is 0.0952. The number of alkyl halides is 3. The standard InChI is InChI=1S/C21H16F3N5O2/c1-31-20-14(3-2-6-26-20)18-15(11-4-5-17-12(7-11)10-27-28-17)8-13(21(22,23)24)9-16(18)19(25)29-30/h2-10,30H,1H3,(H2,25,29)(H,27,28). The first-order valence-electron chi connectivity index (χ1n) is 8.99. The fourth-order valence-electron chi connectivity index (χ4n) is 3.43. The summed E-state index contributed by atoms with van der Waals surface area (Å²) in [4.78, 5) is 4.14. The van der Waals surface area contributed by atoms with Crippen LogP contribution < -0.4 is 10.5 Å². The second-order valence-electron chi connectivity index (χ2n) is 6.66. The molecule has 0 aliphatic heterocycles. The van der Waals surface area contributed by atoms with E-state index >= 15 is 0 Å². The quantitative estimate of drug-likeness (QED) is 0.193. The zero-order valence-corrected chi connectivity index (χ0v) is 16.1. The van der Waals surface area contributed by atoms with Crippen LogP contribution in [0.3, 0.4) is 0 Å². The third-order valence-corrected chi connectivity index (χ3v) is 4.83. The number of nitrogens with zero attached hydrogens (tertiary/aromatic N) is 3. The molecule has 4 aromatic rings. The van der Waals surface area contributed by atoms with Crippen LogP contribution in [0.4, 0.5) is 13.2 Å². The molecule has 2 aromatic carbocycles. The van der Waals surface area contributed by atoms with Gasteiger partial charge in [0.2, 0.25) is 5.88 Å². The minimum atomic E-state index is -4.66. The minimum Gasteiger partial charge on any atom is -0.481 e. The van der Waals surface area contributed by atoms with Crippen LogP contribution in [-0.2, 0) is 6.18 Å².